The summed E-state index contributed by atoms with van der Waals surface area (Å²) in [5.74, 6) is 0.778. The minimum absolute atomic E-state index is 0. The van der Waals surface area contributed by atoms with Crippen LogP contribution < -0.4 is 15.8 Å². The van der Waals surface area contributed by atoms with E-state index in [-0.39, 0.29) is 47.2 Å². The Morgan fingerprint density at radius 2 is 0.986 bits per heavy atom. The maximum Gasteiger partial charge on any atom is 0.410 e. The quantitative estimate of drug-likeness (QED) is 0.0927. The first kappa shape index (κ1) is 65.8. The number of rotatable bonds is 22. The number of hydroxylamine groups is 4. The molecule has 71 heavy (non-hydrogen) atoms. The number of unbranched alkanes of at least 4 members (excludes halogenated alkanes) is 4. The van der Waals surface area contributed by atoms with Gasteiger partial charge in [0.2, 0.25) is 0 Å². The van der Waals surface area contributed by atoms with Gasteiger partial charge in [-0.1, -0.05) is 53.4 Å². The summed E-state index contributed by atoms with van der Waals surface area (Å²) in [6, 6.07) is -2.27. The van der Waals surface area contributed by atoms with E-state index in [1.54, 1.807) is 4.90 Å². The first-order valence-electron chi connectivity index (χ1n) is 25.8. The van der Waals surface area contributed by atoms with Crippen molar-refractivity contribution in [2.75, 3.05) is 65.4 Å². The number of Topliss-reactive ketones (excluding diaryl/α,β-unsaturated/α-hetero) is 2. The number of urea groups is 2. The molecular formula is C47H87N7O15S2. The van der Waals surface area contributed by atoms with E-state index in [1.165, 1.54) is 91.8 Å². The van der Waals surface area contributed by atoms with Gasteiger partial charge in [-0.3, -0.25) is 19.7 Å². The number of ether oxygens (including phenoxy) is 1. The van der Waals surface area contributed by atoms with E-state index in [9.17, 15) is 34.5 Å². The van der Waals surface area contributed by atoms with Crippen molar-refractivity contribution >= 4 is 54.8 Å². The Kier molecular flexibility index (Phi) is 32.6. The molecule has 6 aliphatic rings. The molecular weight excluding hydrogens is 967 g/mol. The van der Waals surface area contributed by atoms with Crippen LogP contribution in [0.1, 0.15) is 164 Å². The average Bonchev–Trinajstić information content (AvgIpc) is 3.74. The van der Waals surface area contributed by atoms with E-state index in [4.69, 9.17) is 13.2 Å². The molecule has 5 amide bonds. The van der Waals surface area contributed by atoms with E-state index in [0.717, 1.165) is 48.9 Å². The third kappa shape index (κ3) is 20.9. The molecule has 4 atom stereocenters. The summed E-state index contributed by atoms with van der Waals surface area (Å²) < 4.78 is 22.5. The lowest BCUT2D eigenvalue weighted by atomic mass is 9.87. The van der Waals surface area contributed by atoms with Gasteiger partial charge in [0.25, 0.3) is 0 Å². The van der Waals surface area contributed by atoms with Gasteiger partial charge in [0.15, 0.2) is 36.6 Å². The summed E-state index contributed by atoms with van der Waals surface area (Å²) >= 11 is 5.67. The molecule has 0 spiro atoms. The van der Waals surface area contributed by atoms with Gasteiger partial charge in [-0.05, 0) is 110 Å². The first-order chi connectivity index (χ1) is 33.6. The number of hydrogen-bond donors (Lipinski definition) is 1. The van der Waals surface area contributed by atoms with E-state index in [1.807, 2.05) is 20.8 Å². The molecule has 4 N–H and O–H groups in total. The number of amides is 5. The fraction of sp³-hybridized carbons (Fsp3) is 0.894. The van der Waals surface area contributed by atoms with Crippen LogP contribution >= 0.6 is 0 Å². The SMILES string of the molecule is CC(C)(C)OC(=O)N1CCC(CC(=O)[C@@H]2CC[C@@H]3CN2C(=O)N3OO[O-])CC1.CCCC[N+](CCCC)(CCCC)CCCC.O.O=C(CC1CC[NH2+]CC1)[C@@H]1CC[C@@H]2CN1C(=O)N2OO[O-].O=S.O=S. The van der Waals surface area contributed by atoms with Crippen molar-refractivity contribution in [3.05, 3.63) is 0 Å². The van der Waals surface area contributed by atoms with Crippen molar-refractivity contribution in [3.8, 4) is 0 Å². The number of carbonyl (C=O) groups excluding carboxylic acids is 5. The highest BCUT2D eigenvalue weighted by Gasteiger charge is 2.49. The number of fused-ring (bicyclic) bond motifs is 4. The second kappa shape index (κ2) is 35.1. The molecule has 6 aliphatic heterocycles. The van der Waals surface area contributed by atoms with Crippen LogP contribution in [0.5, 0.6) is 0 Å². The average molecular weight is 1050 g/mol. The Morgan fingerprint density at radius 3 is 1.32 bits per heavy atom. The fourth-order valence-electron chi connectivity index (χ4n) is 10.5. The smallest absolute Gasteiger partial charge is 0.410 e. The van der Waals surface area contributed by atoms with Gasteiger partial charge in [-0.2, -0.15) is 18.5 Å². The Morgan fingerprint density at radius 1 is 0.620 bits per heavy atom. The molecule has 22 nitrogen and oxygen atoms in total. The molecule has 0 aromatic rings. The molecule has 4 bridgehead atoms. The Hall–Kier alpha value is -3.17. The van der Waals surface area contributed by atoms with Crippen LogP contribution in [0.4, 0.5) is 14.4 Å². The highest BCUT2D eigenvalue weighted by molar-refractivity contribution is 7.44. The molecule has 0 aliphatic carbocycles. The highest BCUT2D eigenvalue weighted by Crippen LogP contribution is 2.34. The number of likely N-dealkylation sites (tertiary alicyclic amines) is 1. The van der Waals surface area contributed by atoms with Crippen LogP contribution in [0.3, 0.4) is 0 Å². The summed E-state index contributed by atoms with van der Waals surface area (Å²) in [7, 11) is 0. The fourth-order valence-corrected chi connectivity index (χ4v) is 10.5. The number of ketones is 2. The lowest BCUT2D eigenvalue weighted by Crippen LogP contribution is -2.86. The van der Waals surface area contributed by atoms with Gasteiger partial charge >= 0.3 is 18.2 Å². The van der Waals surface area contributed by atoms with Gasteiger partial charge in [-0.25, -0.2) is 14.4 Å². The van der Waals surface area contributed by atoms with Crippen LogP contribution in [0.25, 0.3) is 0 Å². The zero-order valence-electron chi connectivity index (χ0n) is 43.6. The summed E-state index contributed by atoms with van der Waals surface area (Å²) in [5.41, 5.74) is -0.528. The summed E-state index contributed by atoms with van der Waals surface area (Å²) in [6.45, 7) is 24.6. The molecule has 6 saturated heterocycles. The predicted octanol–water partition coefficient (Wildman–Crippen LogP) is 2.83. The Labute approximate surface area is 432 Å². The lowest BCUT2D eigenvalue weighted by Gasteiger charge is -2.39. The molecule has 0 unspecified atom stereocenters. The molecule has 412 valence electrons. The third-order valence-corrected chi connectivity index (χ3v) is 14.4. The second-order valence-corrected chi connectivity index (χ2v) is 20.5. The van der Waals surface area contributed by atoms with Crippen molar-refractivity contribution < 1.29 is 83.0 Å². The van der Waals surface area contributed by atoms with E-state index >= 15 is 0 Å². The van der Waals surface area contributed by atoms with Crippen molar-refractivity contribution in [2.45, 2.75) is 194 Å². The van der Waals surface area contributed by atoms with Crippen LogP contribution in [-0.4, -0.2) is 168 Å². The van der Waals surface area contributed by atoms with Crippen LogP contribution in [0.2, 0.25) is 0 Å². The number of carbonyl (C=O) groups is 5. The highest BCUT2D eigenvalue weighted by atomic mass is 32.1. The number of hydrogen-bond acceptors (Lipinski definition) is 16. The van der Waals surface area contributed by atoms with Crippen molar-refractivity contribution in [3.63, 3.8) is 0 Å². The van der Waals surface area contributed by atoms with Crippen LogP contribution in [0.15, 0.2) is 0 Å². The molecule has 6 rings (SSSR count). The van der Waals surface area contributed by atoms with E-state index < -0.39 is 23.7 Å². The molecule has 0 aromatic carbocycles. The van der Waals surface area contributed by atoms with E-state index in [0.29, 0.717) is 70.6 Å². The minimum Gasteiger partial charge on any atom is -0.690 e. The number of nitrogens with two attached hydrogens (primary N) is 1. The lowest BCUT2D eigenvalue weighted by molar-refractivity contribution is -0.929. The van der Waals surface area contributed by atoms with Crippen LogP contribution in [0, 0.1) is 11.8 Å². The van der Waals surface area contributed by atoms with Gasteiger partial charge in [-0.15, -0.1) is 9.98 Å². The van der Waals surface area contributed by atoms with Gasteiger partial charge in [0, 0.05) is 39.0 Å². The summed E-state index contributed by atoms with van der Waals surface area (Å²) in [4.78, 5) is 75.4. The molecule has 0 aromatic heterocycles. The standard InChI is InChI=1S/C18H29N3O7.C16H36N.C13H21N3O5.2OS.H2O/c1-18(2,3)26-17(24)19-8-6-12(7-9-19)10-15(22)14-5-4-13-11-20(14)16(23)21(13)27-28-25;1-5-9-13-17(14-10-6-2,15-11-7-3)16-12-8-4;17-12(7-9-3-5-14-6-4-9)11-2-1-10-8-15(11)13(18)16(10)20-21-19;2*1-2;/h12-14,25H,4-11H2,1-3H3;5-16H2,1-4H3;9-11,14,19H,1-8H2;;;1H2/q;+1;;;;/p-1/t13-,14+;;10-,11+;;;/m1.1.../s1. The second-order valence-electron chi connectivity index (χ2n) is 20.5. The van der Waals surface area contributed by atoms with Crippen molar-refractivity contribution in [2.24, 2.45) is 11.8 Å². The normalized spacial score (nSPS) is 22.1. The maximum absolute atomic E-state index is 12.8. The number of piperidine rings is 4. The largest absolute Gasteiger partial charge is 0.690 e. The molecule has 6 heterocycles. The molecule has 0 saturated carbocycles. The first-order valence-corrected chi connectivity index (χ1v) is 26.5. The monoisotopic (exact) mass is 1050 g/mol. The Bertz CT molecular complexity index is 1520. The van der Waals surface area contributed by atoms with Crippen molar-refractivity contribution in [1.82, 2.24) is 24.8 Å². The summed E-state index contributed by atoms with van der Waals surface area (Å²) in [5, 5.41) is 31.2. The Balaban J connectivity index is 0.000000526. The van der Waals surface area contributed by atoms with Gasteiger partial charge in [0.05, 0.1) is 63.4 Å². The topological polar surface area (TPSA) is 276 Å². The predicted molar refractivity (Wildman–Crippen MR) is 259 cm³/mol. The molecule has 6 fully saturated rings. The van der Waals surface area contributed by atoms with E-state index in [2.05, 4.69) is 78.1 Å². The zero-order chi connectivity index (χ0) is 52.3. The zero-order valence-corrected chi connectivity index (χ0v) is 45.2. The number of quaternary nitrogens is 2. The van der Waals surface area contributed by atoms with Gasteiger partial charge < -0.3 is 45.2 Å². The molecule has 24 heteroatoms. The van der Waals surface area contributed by atoms with Gasteiger partial charge in [0.1, 0.15) is 5.60 Å². The minimum atomic E-state index is -0.528. The number of nitrogens with zero attached hydrogens (tertiary/aromatic N) is 6. The maximum atomic E-state index is 12.8. The van der Waals surface area contributed by atoms with Crippen molar-refractivity contribution in [1.29, 1.82) is 0 Å². The summed E-state index contributed by atoms with van der Waals surface area (Å²) in [6.07, 6.45) is 17.7. The van der Waals surface area contributed by atoms with Crippen LogP contribution in [-0.2, 0) is 59.4 Å². The molecule has 0 radical (unpaired) electrons. The third-order valence-electron chi connectivity index (χ3n) is 14.4.